The minimum Gasteiger partial charge on any atom is -0.378 e. The minimum absolute atomic E-state index is 0.0199. The van der Waals surface area contributed by atoms with Crippen LogP contribution in [-0.2, 0) is 4.74 Å². The number of rotatable bonds is 5. The molecule has 0 spiro atoms. The predicted molar refractivity (Wildman–Crippen MR) is 80.0 cm³/mol. The van der Waals surface area contributed by atoms with Gasteiger partial charge in [-0.2, -0.15) is 0 Å². The Labute approximate surface area is 119 Å². The molecule has 1 unspecified atom stereocenters. The quantitative estimate of drug-likeness (QED) is 0.648. The summed E-state index contributed by atoms with van der Waals surface area (Å²) in [4.78, 5) is 4.34. The van der Waals surface area contributed by atoms with Gasteiger partial charge in [-0.3, -0.25) is 16.3 Å². The molecule has 4 nitrogen and oxygen atoms in total. The Morgan fingerprint density at radius 3 is 2.80 bits per heavy atom. The third kappa shape index (κ3) is 2.30. The number of nitrogens with one attached hydrogen (secondary N) is 1. The Kier molecular flexibility index (Phi) is 3.70. The summed E-state index contributed by atoms with van der Waals surface area (Å²) in [5.74, 6) is 5.80. The molecule has 0 amide bonds. The molecule has 1 fully saturated rings. The van der Waals surface area contributed by atoms with Gasteiger partial charge in [0.15, 0.2) is 0 Å². The largest absolute Gasteiger partial charge is 0.378 e. The molecule has 0 saturated heterocycles. The second kappa shape index (κ2) is 5.48. The fraction of sp³-hybridized carbons (Fsp3) is 0.438. The Bertz CT molecular complexity index is 584. The maximum Gasteiger partial charge on any atom is 0.0697 e. The van der Waals surface area contributed by atoms with E-state index in [9.17, 15) is 0 Å². The summed E-state index contributed by atoms with van der Waals surface area (Å²) in [6.45, 7) is 0. The average Bonchev–Trinajstić information content (AvgIpc) is 2.47. The highest BCUT2D eigenvalue weighted by Gasteiger charge is 2.39. The molecule has 0 bridgehead atoms. The number of aromatic nitrogens is 1. The van der Waals surface area contributed by atoms with E-state index in [1.807, 2.05) is 18.5 Å². The van der Waals surface area contributed by atoms with Gasteiger partial charge in [-0.1, -0.05) is 24.3 Å². The van der Waals surface area contributed by atoms with Gasteiger partial charge in [0.1, 0.15) is 0 Å². The van der Waals surface area contributed by atoms with E-state index in [1.165, 1.54) is 11.8 Å². The first-order valence-electron chi connectivity index (χ1n) is 7.12. The van der Waals surface area contributed by atoms with Crippen molar-refractivity contribution in [1.29, 1.82) is 0 Å². The molecule has 3 rings (SSSR count). The molecule has 1 heterocycles. The Balaban J connectivity index is 1.95. The standard InChI is InChI=1S/C16H21N3O/c1-20-16(7-4-8-16)9-15(19-17)14-11-18-10-12-5-2-3-6-13(12)14/h2-3,5-6,10-11,15,19H,4,7-9,17H2,1H3. The zero-order valence-corrected chi connectivity index (χ0v) is 11.8. The van der Waals surface area contributed by atoms with Gasteiger partial charge in [0, 0.05) is 24.9 Å². The van der Waals surface area contributed by atoms with E-state index in [-0.39, 0.29) is 11.6 Å². The fourth-order valence-electron chi connectivity index (χ4n) is 3.11. The zero-order valence-electron chi connectivity index (χ0n) is 11.8. The van der Waals surface area contributed by atoms with Crippen molar-refractivity contribution < 1.29 is 4.74 Å². The summed E-state index contributed by atoms with van der Waals surface area (Å²) < 4.78 is 5.72. The second-order valence-electron chi connectivity index (χ2n) is 5.61. The lowest BCUT2D eigenvalue weighted by atomic mass is 9.74. The highest BCUT2D eigenvalue weighted by Crippen LogP contribution is 2.42. The monoisotopic (exact) mass is 271 g/mol. The average molecular weight is 271 g/mol. The van der Waals surface area contributed by atoms with Crippen LogP contribution >= 0.6 is 0 Å². The molecule has 106 valence electrons. The number of nitrogens with zero attached hydrogens (tertiary/aromatic N) is 1. The number of nitrogens with two attached hydrogens (primary N) is 1. The normalized spacial score (nSPS) is 18.7. The van der Waals surface area contributed by atoms with Crippen LogP contribution in [0.2, 0.25) is 0 Å². The Morgan fingerprint density at radius 1 is 1.35 bits per heavy atom. The van der Waals surface area contributed by atoms with E-state index >= 15 is 0 Å². The molecule has 1 aliphatic carbocycles. The molecule has 0 radical (unpaired) electrons. The van der Waals surface area contributed by atoms with Crippen LogP contribution in [0.3, 0.4) is 0 Å². The number of hydrogen-bond acceptors (Lipinski definition) is 4. The van der Waals surface area contributed by atoms with Crippen LogP contribution in [0.1, 0.15) is 37.3 Å². The first-order chi connectivity index (χ1) is 9.78. The van der Waals surface area contributed by atoms with Gasteiger partial charge in [-0.15, -0.1) is 0 Å². The highest BCUT2D eigenvalue weighted by molar-refractivity contribution is 5.85. The van der Waals surface area contributed by atoms with Crippen molar-refractivity contribution in [3.05, 3.63) is 42.2 Å². The maximum absolute atomic E-state index is 5.80. The summed E-state index contributed by atoms with van der Waals surface area (Å²) >= 11 is 0. The number of hydrogen-bond donors (Lipinski definition) is 2. The van der Waals surface area contributed by atoms with E-state index in [2.05, 4.69) is 28.6 Å². The first-order valence-corrected chi connectivity index (χ1v) is 7.12. The minimum atomic E-state index is -0.0199. The van der Waals surface area contributed by atoms with Crippen LogP contribution in [0.4, 0.5) is 0 Å². The number of pyridine rings is 1. The van der Waals surface area contributed by atoms with Crippen LogP contribution < -0.4 is 11.3 Å². The van der Waals surface area contributed by atoms with Gasteiger partial charge in [0.05, 0.1) is 11.6 Å². The molecule has 3 N–H and O–H groups in total. The Hall–Kier alpha value is -1.49. The number of ether oxygens (including phenoxy) is 1. The molecular weight excluding hydrogens is 250 g/mol. The molecule has 1 aromatic carbocycles. The van der Waals surface area contributed by atoms with E-state index < -0.39 is 0 Å². The van der Waals surface area contributed by atoms with Crippen LogP contribution in [0.5, 0.6) is 0 Å². The SMILES string of the molecule is COC1(CC(NN)c2cncc3ccccc23)CCC1. The maximum atomic E-state index is 5.80. The van der Waals surface area contributed by atoms with Gasteiger partial charge in [-0.05, 0) is 36.6 Å². The molecule has 4 heteroatoms. The smallest absolute Gasteiger partial charge is 0.0697 e. The molecule has 2 aromatic rings. The number of fused-ring (bicyclic) bond motifs is 1. The zero-order chi connectivity index (χ0) is 14.0. The van der Waals surface area contributed by atoms with Crippen molar-refractivity contribution >= 4 is 10.8 Å². The van der Waals surface area contributed by atoms with Gasteiger partial charge in [0.25, 0.3) is 0 Å². The van der Waals surface area contributed by atoms with Crippen molar-refractivity contribution in [2.45, 2.75) is 37.3 Å². The fourth-order valence-corrected chi connectivity index (χ4v) is 3.11. The van der Waals surface area contributed by atoms with Gasteiger partial charge in [0.2, 0.25) is 0 Å². The topological polar surface area (TPSA) is 60.2 Å². The molecule has 20 heavy (non-hydrogen) atoms. The molecule has 1 atom stereocenters. The predicted octanol–water partition coefficient (Wildman–Crippen LogP) is 2.70. The Morgan fingerprint density at radius 2 is 2.15 bits per heavy atom. The summed E-state index contributed by atoms with van der Waals surface area (Å²) in [6, 6.07) is 8.34. The molecule has 1 aromatic heterocycles. The number of methoxy groups -OCH3 is 1. The third-order valence-electron chi connectivity index (χ3n) is 4.55. The summed E-state index contributed by atoms with van der Waals surface area (Å²) in [6.07, 6.45) is 8.14. The van der Waals surface area contributed by atoms with Crippen molar-refractivity contribution in [3.8, 4) is 0 Å². The van der Waals surface area contributed by atoms with E-state index in [0.717, 1.165) is 30.2 Å². The van der Waals surface area contributed by atoms with Crippen LogP contribution in [0.15, 0.2) is 36.7 Å². The van der Waals surface area contributed by atoms with Gasteiger partial charge in [-0.25, -0.2) is 0 Å². The lowest BCUT2D eigenvalue weighted by Crippen LogP contribution is -2.44. The van der Waals surface area contributed by atoms with E-state index in [0.29, 0.717) is 0 Å². The number of hydrazine groups is 1. The van der Waals surface area contributed by atoms with Crippen molar-refractivity contribution in [3.63, 3.8) is 0 Å². The van der Waals surface area contributed by atoms with Gasteiger partial charge >= 0.3 is 0 Å². The molecular formula is C16H21N3O. The third-order valence-corrected chi connectivity index (χ3v) is 4.55. The lowest BCUT2D eigenvalue weighted by molar-refractivity contribution is -0.0837. The number of benzene rings is 1. The first kappa shape index (κ1) is 13.5. The van der Waals surface area contributed by atoms with Gasteiger partial charge < -0.3 is 4.74 Å². The summed E-state index contributed by atoms with van der Waals surface area (Å²) in [5, 5.41) is 2.35. The van der Waals surface area contributed by atoms with Crippen molar-refractivity contribution in [2.24, 2.45) is 5.84 Å². The molecule has 0 aliphatic heterocycles. The van der Waals surface area contributed by atoms with Crippen molar-refractivity contribution in [1.82, 2.24) is 10.4 Å². The second-order valence-corrected chi connectivity index (χ2v) is 5.61. The summed E-state index contributed by atoms with van der Waals surface area (Å²) in [7, 11) is 1.80. The molecule has 1 aliphatic rings. The van der Waals surface area contributed by atoms with Crippen molar-refractivity contribution in [2.75, 3.05) is 7.11 Å². The molecule has 1 saturated carbocycles. The van der Waals surface area contributed by atoms with Crippen LogP contribution in [0, 0.1) is 0 Å². The van der Waals surface area contributed by atoms with E-state index in [4.69, 9.17) is 10.6 Å². The summed E-state index contributed by atoms with van der Waals surface area (Å²) in [5.41, 5.74) is 4.08. The van der Waals surface area contributed by atoms with Crippen LogP contribution in [-0.4, -0.2) is 17.7 Å². The highest BCUT2D eigenvalue weighted by atomic mass is 16.5. The van der Waals surface area contributed by atoms with Crippen LogP contribution in [0.25, 0.3) is 10.8 Å². The lowest BCUT2D eigenvalue weighted by Gasteiger charge is -2.42. The van der Waals surface area contributed by atoms with E-state index in [1.54, 1.807) is 7.11 Å².